The van der Waals surface area contributed by atoms with Gasteiger partial charge in [0.1, 0.15) is 0 Å². The SMILES string of the molecule is Cc1cccc(=O)n1Cc1ccc(CN)cc1Cl. The second-order valence-electron chi connectivity index (χ2n) is 4.22. The number of rotatable bonds is 3. The van der Waals surface area contributed by atoms with Crippen molar-refractivity contribution in [1.82, 2.24) is 4.57 Å². The fraction of sp³-hybridized carbons (Fsp3) is 0.214. The molecule has 1 heterocycles. The van der Waals surface area contributed by atoms with E-state index in [9.17, 15) is 4.79 Å². The first-order valence-corrected chi connectivity index (χ1v) is 6.13. The van der Waals surface area contributed by atoms with Crippen LogP contribution in [0.3, 0.4) is 0 Å². The van der Waals surface area contributed by atoms with Crippen LogP contribution in [0.4, 0.5) is 0 Å². The molecule has 18 heavy (non-hydrogen) atoms. The average molecular weight is 263 g/mol. The summed E-state index contributed by atoms with van der Waals surface area (Å²) in [6.07, 6.45) is 0. The van der Waals surface area contributed by atoms with Crippen LogP contribution in [0.15, 0.2) is 41.2 Å². The molecule has 0 bridgehead atoms. The highest BCUT2D eigenvalue weighted by atomic mass is 35.5. The number of hydrogen-bond donors (Lipinski definition) is 1. The Morgan fingerprint density at radius 2 is 2.06 bits per heavy atom. The van der Waals surface area contributed by atoms with Gasteiger partial charge >= 0.3 is 0 Å². The molecule has 1 aromatic carbocycles. The van der Waals surface area contributed by atoms with Crippen molar-refractivity contribution < 1.29 is 0 Å². The molecule has 0 unspecified atom stereocenters. The lowest BCUT2D eigenvalue weighted by Crippen LogP contribution is -2.21. The van der Waals surface area contributed by atoms with Gasteiger partial charge in [0.05, 0.1) is 6.54 Å². The molecular formula is C14H15ClN2O. The summed E-state index contributed by atoms with van der Waals surface area (Å²) in [5, 5.41) is 0.646. The van der Waals surface area contributed by atoms with Gasteiger partial charge in [-0.1, -0.05) is 29.8 Å². The van der Waals surface area contributed by atoms with E-state index in [2.05, 4.69) is 0 Å². The van der Waals surface area contributed by atoms with Gasteiger partial charge in [-0.2, -0.15) is 0 Å². The van der Waals surface area contributed by atoms with Crippen molar-refractivity contribution in [3.63, 3.8) is 0 Å². The van der Waals surface area contributed by atoms with E-state index in [4.69, 9.17) is 17.3 Å². The zero-order chi connectivity index (χ0) is 13.1. The lowest BCUT2D eigenvalue weighted by Gasteiger charge is -2.11. The second kappa shape index (κ2) is 5.38. The van der Waals surface area contributed by atoms with Crippen molar-refractivity contribution >= 4 is 11.6 Å². The number of aryl methyl sites for hydroxylation is 1. The first-order valence-electron chi connectivity index (χ1n) is 5.75. The average Bonchev–Trinajstić information content (AvgIpc) is 2.35. The Bertz CT molecular complexity index is 619. The predicted octanol–water partition coefficient (Wildman–Crippen LogP) is 2.32. The van der Waals surface area contributed by atoms with Crippen LogP contribution in [0.5, 0.6) is 0 Å². The van der Waals surface area contributed by atoms with E-state index in [0.717, 1.165) is 16.8 Å². The first-order chi connectivity index (χ1) is 8.61. The van der Waals surface area contributed by atoms with Crippen molar-refractivity contribution in [2.75, 3.05) is 0 Å². The fourth-order valence-corrected chi connectivity index (χ4v) is 2.11. The van der Waals surface area contributed by atoms with Crippen molar-refractivity contribution in [1.29, 1.82) is 0 Å². The number of pyridine rings is 1. The minimum Gasteiger partial charge on any atom is -0.326 e. The largest absolute Gasteiger partial charge is 0.326 e. The normalized spacial score (nSPS) is 10.6. The number of aromatic nitrogens is 1. The molecule has 4 heteroatoms. The van der Waals surface area contributed by atoms with E-state index in [1.54, 1.807) is 16.7 Å². The molecule has 0 saturated carbocycles. The highest BCUT2D eigenvalue weighted by Gasteiger charge is 2.05. The van der Waals surface area contributed by atoms with Crippen LogP contribution in [0, 0.1) is 6.92 Å². The lowest BCUT2D eigenvalue weighted by molar-refractivity contribution is 0.729. The summed E-state index contributed by atoms with van der Waals surface area (Å²) in [4.78, 5) is 11.8. The Balaban J connectivity index is 2.37. The molecule has 0 aliphatic carbocycles. The minimum absolute atomic E-state index is 0.0195. The van der Waals surface area contributed by atoms with Crippen LogP contribution in [0.2, 0.25) is 5.02 Å². The summed E-state index contributed by atoms with van der Waals surface area (Å²) in [5.41, 5.74) is 8.36. The summed E-state index contributed by atoms with van der Waals surface area (Å²) in [5.74, 6) is 0. The van der Waals surface area contributed by atoms with Crippen LogP contribution >= 0.6 is 11.6 Å². The molecule has 0 spiro atoms. The van der Waals surface area contributed by atoms with Gasteiger partial charge in [0.15, 0.2) is 0 Å². The zero-order valence-corrected chi connectivity index (χ0v) is 10.9. The second-order valence-corrected chi connectivity index (χ2v) is 4.63. The molecule has 0 aliphatic rings. The van der Waals surface area contributed by atoms with Crippen LogP contribution < -0.4 is 11.3 Å². The molecule has 0 fully saturated rings. The smallest absolute Gasteiger partial charge is 0.251 e. The monoisotopic (exact) mass is 262 g/mol. The van der Waals surface area contributed by atoms with Crippen LogP contribution in [-0.2, 0) is 13.1 Å². The van der Waals surface area contributed by atoms with Gasteiger partial charge in [-0.05, 0) is 30.2 Å². The Morgan fingerprint density at radius 3 is 2.67 bits per heavy atom. The van der Waals surface area contributed by atoms with E-state index >= 15 is 0 Å². The highest BCUT2D eigenvalue weighted by molar-refractivity contribution is 6.31. The van der Waals surface area contributed by atoms with Gasteiger partial charge in [-0.15, -0.1) is 0 Å². The van der Waals surface area contributed by atoms with Crippen molar-refractivity contribution in [3.05, 3.63) is 68.6 Å². The highest BCUT2D eigenvalue weighted by Crippen LogP contribution is 2.18. The molecule has 3 nitrogen and oxygen atoms in total. The van der Waals surface area contributed by atoms with Crippen LogP contribution in [0.1, 0.15) is 16.8 Å². The minimum atomic E-state index is -0.0195. The third-order valence-electron chi connectivity index (χ3n) is 2.95. The predicted molar refractivity (Wildman–Crippen MR) is 73.9 cm³/mol. The third kappa shape index (κ3) is 2.63. The Kier molecular flexibility index (Phi) is 3.84. The summed E-state index contributed by atoms with van der Waals surface area (Å²) < 4.78 is 1.70. The number of nitrogens with two attached hydrogens (primary N) is 1. The first kappa shape index (κ1) is 12.9. The molecule has 0 atom stereocenters. The number of hydrogen-bond acceptors (Lipinski definition) is 2. The van der Waals surface area contributed by atoms with Gasteiger partial charge in [0, 0.05) is 23.3 Å². The molecule has 0 saturated heterocycles. The summed E-state index contributed by atoms with van der Waals surface area (Å²) in [6, 6.07) is 10.9. The van der Waals surface area contributed by atoms with E-state index in [1.165, 1.54) is 0 Å². The van der Waals surface area contributed by atoms with Gasteiger partial charge in [0.2, 0.25) is 0 Å². The maximum absolute atomic E-state index is 11.8. The van der Waals surface area contributed by atoms with Gasteiger partial charge in [0.25, 0.3) is 5.56 Å². The lowest BCUT2D eigenvalue weighted by atomic mass is 10.1. The standard InChI is InChI=1S/C14H15ClN2O/c1-10-3-2-4-14(18)17(10)9-12-6-5-11(8-16)7-13(12)15/h2-7H,8-9,16H2,1H3. The number of benzene rings is 1. The molecule has 0 aliphatic heterocycles. The van der Waals surface area contributed by atoms with Gasteiger partial charge in [-0.25, -0.2) is 0 Å². The quantitative estimate of drug-likeness (QED) is 0.923. The molecule has 0 radical (unpaired) electrons. The van der Waals surface area contributed by atoms with Crippen molar-refractivity contribution in [2.45, 2.75) is 20.0 Å². The Morgan fingerprint density at radius 1 is 1.28 bits per heavy atom. The van der Waals surface area contributed by atoms with Gasteiger partial charge < -0.3 is 10.3 Å². The van der Waals surface area contributed by atoms with E-state index in [0.29, 0.717) is 18.1 Å². The summed E-state index contributed by atoms with van der Waals surface area (Å²) in [7, 11) is 0. The third-order valence-corrected chi connectivity index (χ3v) is 3.30. The zero-order valence-electron chi connectivity index (χ0n) is 10.2. The van der Waals surface area contributed by atoms with E-state index in [-0.39, 0.29) is 5.56 Å². The van der Waals surface area contributed by atoms with Crippen LogP contribution in [-0.4, -0.2) is 4.57 Å². The Labute approximate surface area is 111 Å². The molecule has 0 amide bonds. The summed E-state index contributed by atoms with van der Waals surface area (Å²) in [6.45, 7) is 2.85. The fourth-order valence-electron chi connectivity index (χ4n) is 1.84. The maximum Gasteiger partial charge on any atom is 0.251 e. The molecule has 2 N–H and O–H groups in total. The van der Waals surface area contributed by atoms with Crippen molar-refractivity contribution in [2.24, 2.45) is 5.73 Å². The molecule has 1 aromatic heterocycles. The number of nitrogens with zero attached hydrogens (tertiary/aromatic N) is 1. The number of halogens is 1. The maximum atomic E-state index is 11.8. The molecule has 2 rings (SSSR count). The topological polar surface area (TPSA) is 48.0 Å². The molecule has 94 valence electrons. The van der Waals surface area contributed by atoms with Crippen LogP contribution in [0.25, 0.3) is 0 Å². The van der Waals surface area contributed by atoms with E-state index in [1.807, 2.05) is 31.2 Å². The van der Waals surface area contributed by atoms with Crippen molar-refractivity contribution in [3.8, 4) is 0 Å². The van der Waals surface area contributed by atoms with Gasteiger partial charge in [-0.3, -0.25) is 4.79 Å². The summed E-state index contributed by atoms with van der Waals surface area (Å²) >= 11 is 6.19. The Hall–Kier alpha value is -1.58. The molecule has 2 aromatic rings. The molecular weight excluding hydrogens is 248 g/mol. The van der Waals surface area contributed by atoms with E-state index < -0.39 is 0 Å².